The number of tetrazole rings is 2. The van der Waals surface area contributed by atoms with Crippen LogP contribution in [0.5, 0.6) is 0 Å². The monoisotopic (exact) mass is 1050 g/mol. The summed E-state index contributed by atoms with van der Waals surface area (Å²) < 4.78 is 51.7. The van der Waals surface area contributed by atoms with E-state index in [0.29, 0.717) is 37.2 Å². The van der Waals surface area contributed by atoms with Crippen LogP contribution in [0.2, 0.25) is 0 Å². The van der Waals surface area contributed by atoms with Crippen molar-refractivity contribution in [3.8, 4) is 45.0 Å². The van der Waals surface area contributed by atoms with Gasteiger partial charge in [-0.25, -0.2) is 0 Å². The molecule has 2 aliphatic heterocycles. The minimum absolute atomic E-state index is 0.202. The molecule has 10 rings (SSSR count). The number of nitrogens with one attached hydrogen (secondary N) is 2. The standard InChI is InChI=1S/2C25H28N6O.2CH4O3S/c2*1-2-3-10-22-26-25(15-6-7-16-25)24(32)31(22)17-18-11-13-19(14-12-18)20-8-4-5-9-21(20)23-27-29-30-28-23;2*1-5(2,3)4/h2*4-5,8-9,11-14H,2-3,6-7,10,15-17H2,1H3,(H,27,28,29,30);2*1H3,(H,2,3,4). The first-order chi connectivity index (χ1) is 35.4. The van der Waals surface area contributed by atoms with Gasteiger partial charge in [0.1, 0.15) is 22.7 Å². The van der Waals surface area contributed by atoms with Crippen LogP contribution in [-0.2, 0) is 42.9 Å². The van der Waals surface area contributed by atoms with Crippen LogP contribution in [0.25, 0.3) is 45.0 Å². The molecule has 2 aromatic heterocycles. The number of hydrogen-bond donors (Lipinski definition) is 4. The fraction of sp³-hybridized carbons (Fsp3) is 0.423. The van der Waals surface area contributed by atoms with Crippen molar-refractivity contribution in [3.05, 3.63) is 108 Å². The van der Waals surface area contributed by atoms with Crippen molar-refractivity contribution in [3.63, 3.8) is 0 Å². The Bertz CT molecular complexity index is 2890. The minimum atomic E-state index is -3.67. The van der Waals surface area contributed by atoms with Gasteiger partial charge in [0, 0.05) is 24.0 Å². The number of carbonyl (C=O) groups excluding carboxylic acids is 2. The molecule has 20 nitrogen and oxygen atoms in total. The molecule has 0 saturated heterocycles. The van der Waals surface area contributed by atoms with E-state index in [1.165, 1.54) is 0 Å². The molecule has 0 atom stereocenters. The zero-order chi connectivity index (χ0) is 52.9. The summed E-state index contributed by atoms with van der Waals surface area (Å²) in [4.78, 5) is 40.6. The third-order valence-electron chi connectivity index (χ3n) is 13.2. The van der Waals surface area contributed by atoms with Gasteiger partial charge in [-0.3, -0.25) is 38.5 Å². The molecule has 2 aliphatic carbocycles. The third-order valence-corrected chi connectivity index (χ3v) is 13.2. The number of nitrogens with zero attached hydrogens (tertiary/aromatic N) is 10. The predicted octanol–water partition coefficient (Wildman–Crippen LogP) is 8.56. The normalized spacial score (nSPS) is 16.6. The van der Waals surface area contributed by atoms with Gasteiger partial charge in [0.15, 0.2) is 0 Å². The van der Waals surface area contributed by atoms with Crippen LogP contribution in [0, 0.1) is 0 Å². The number of aromatic nitrogens is 8. The molecule has 22 heteroatoms. The number of hydrogen-bond acceptors (Lipinski definition) is 14. The van der Waals surface area contributed by atoms with Gasteiger partial charge in [0.25, 0.3) is 32.1 Å². The van der Waals surface area contributed by atoms with E-state index in [2.05, 4.69) is 116 Å². The Hall–Kier alpha value is -6.88. The summed E-state index contributed by atoms with van der Waals surface area (Å²) in [7, 11) is -7.33. The second-order valence-corrected chi connectivity index (χ2v) is 21.9. The quantitative estimate of drug-likeness (QED) is 0.0744. The molecule has 74 heavy (non-hydrogen) atoms. The van der Waals surface area contributed by atoms with E-state index in [1.54, 1.807) is 0 Å². The lowest BCUT2D eigenvalue weighted by atomic mass is 9.97. The Morgan fingerprint density at radius 2 is 0.851 bits per heavy atom. The molecular weight excluding hydrogens is 985 g/mol. The molecule has 2 saturated carbocycles. The van der Waals surface area contributed by atoms with Crippen LogP contribution >= 0.6 is 0 Å². The lowest BCUT2D eigenvalue weighted by molar-refractivity contribution is -0.132. The lowest BCUT2D eigenvalue weighted by Gasteiger charge is -2.23. The maximum absolute atomic E-state index is 13.4. The minimum Gasteiger partial charge on any atom is -0.294 e. The largest absolute Gasteiger partial charge is 0.294 e. The van der Waals surface area contributed by atoms with Crippen LogP contribution in [0.1, 0.15) is 115 Å². The number of amidine groups is 2. The van der Waals surface area contributed by atoms with Crippen LogP contribution in [0.4, 0.5) is 0 Å². The number of rotatable bonds is 14. The second kappa shape index (κ2) is 24.4. The zero-order valence-electron chi connectivity index (χ0n) is 42.2. The Labute approximate surface area is 432 Å². The van der Waals surface area contributed by atoms with Gasteiger partial charge in [-0.05, 0) is 82.3 Å². The summed E-state index contributed by atoms with van der Waals surface area (Å²) >= 11 is 0. The Kier molecular flexibility index (Phi) is 18.1. The Balaban J connectivity index is 0.000000183. The van der Waals surface area contributed by atoms with Crippen molar-refractivity contribution in [2.24, 2.45) is 9.98 Å². The van der Waals surface area contributed by atoms with Crippen molar-refractivity contribution in [2.75, 3.05) is 12.5 Å². The number of unbranched alkanes of at least 4 members (excludes halogenated alkanes) is 2. The van der Waals surface area contributed by atoms with E-state index >= 15 is 0 Å². The fourth-order valence-electron chi connectivity index (χ4n) is 9.75. The van der Waals surface area contributed by atoms with Gasteiger partial charge in [-0.2, -0.15) is 27.3 Å². The summed E-state index contributed by atoms with van der Waals surface area (Å²) in [6.07, 6.45) is 15.5. The molecule has 4 aliphatic rings. The van der Waals surface area contributed by atoms with Crippen LogP contribution in [0.15, 0.2) is 107 Å². The third kappa shape index (κ3) is 14.2. The molecule has 2 fully saturated rings. The summed E-state index contributed by atoms with van der Waals surface area (Å²) in [5.41, 5.74) is 7.38. The van der Waals surface area contributed by atoms with Crippen molar-refractivity contribution in [1.29, 1.82) is 0 Å². The van der Waals surface area contributed by atoms with E-state index in [9.17, 15) is 26.4 Å². The number of carbonyl (C=O) groups is 2. The van der Waals surface area contributed by atoms with Gasteiger partial charge in [0.2, 0.25) is 11.6 Å². The first-order valence-electron chi connectivity index (χ1n) is 24.9. The number of aromatic amines is 2. The highest BCUT2D eigenvalue weighted by Gasteiger charge is 2.50. The molecule has 2 amide bonds. The summed E-state index contributed by atoms with van der Waals surface area (Å²) in [6.45, 7) is 5.52. The molecule has 4 heterocycles. The van der Waals surface area contributed by atoms with Crippen LogP contribution in [-0.4, -0.2) is 124 Å². The first-order valence-corrected chi connectivity index (χ1v) is 28.6. The van der Waals surface area contributed by atoms with E-state index in [-0.39, 0.29) is 11.8 Å². The maximum Gasteiger partial charge on any atom is 0.261 e. The van der Waals surface area contributed by atoms with Crippen LogP contribution < -0.4 is 0 Å². The van der Waals surface area contributed by atoms with E-state index < -0.39 is 31.3 Å². The Morgan fingerprint density at radius 3 is 1.15 bits per heavy atom. The molecule has 0 bridgehead atoms. The molecule has 392 valence electrons. The van der Waals surface area contributed by atoms with E-state index in [1.807, 2.05) is 46.2 Å². The molecule has 0 unspecified atom stereocenters. The van der Waals surface area contributed by atoms with E-state index in [4.69, 9.17) is 19.1 Å². The highest BCUT2D eigenvalue weighted by atomic mass is 32.2. The first kappa shape index (κ1) is 54.9. The van der Waals surface area contributed by atoms with Gasteiger partial charge in [-0.15, -0.1) is 20.4 Å². The second-order valence-electron chi connectivity index (χ2n) is 18.9. The van der Waals surface area contributed by atoms with E-state index in [0.717, 1.165) is 146 Å². The number of amides is 2. The van der Waals surface area contributed by atoms with Crippen molar-refractivity contribution < 1.29 is 35.5 Å². The Morgan fingerprint density at radius 1 is 0.527 bits per heavy atom. The highest BCUT2D eigenvalue weighted by molar-refractivity contribution is 7.85. The predicted molar refractivity (Wildman–Crippen MR) is 282 cm³/mol. The average molecular weight is 1050 g/mol. The molecule has 2 spiro atoms. The maximum atomic E-state index is 13.4. The lowest BCUT2D eigenvalue weighted by Crippen LogP contribution is -2.40. The molecule has 6 aromatic rings. The number of benzene rings is 4. The number of aliphatic imine (C=N–C) groups is 2. The molecular formula is C52H64N12O8S2. The van der Waals surface area contributed by atoms with Gasteiger partial charge < -0.3 is 0 Å². The highest BCUT2D eigenvalue weighted by Crippen LogP contribution is 2.42. The SMILES string of the molecule is CCCCC1=NC2(CCCC2)C(=O)N1Cc1ccc(-c2ccccc2-c2nn[nH]n2)cc1.CCCCC1=NC2(CCCC2)C(=O)N1Cc1ccc(-c2ccccc2-c2nn[nH]n2)cc1.CS(=O)(=O)O.CS(=O)(=O)O. The van der Waals surface area contributed by atoms with Crippen molar-refractivity contribution >= 4 is 43.7 Å². The van der Waals surface area contributed by atoms with Crippen LogP contribution in [0.3, 0.4) is 0 Å². The molecule has 4 N–H and O–H groups in total. The molecule has 4 aromatic carbocycles. The fourth-order valence-corrected chi connectivity index (χ4v) is 9.75. The summed E-state index contributed by atoms with van der Waals surface area (Å²) in [6, 6.07) is 32.9. The van der Waals surface area contributed by atoms with Gasteiger partial charge in [-0.1, -0.05) is 149 Å². The number of H-pyrrole nitrogens is 2. The van der Waals surface area contributed by atoms with Gasteiger partial charge >= 0.3 is 0 Å². The van der Waals surface area contributed by atoms with Crippen molar-refractivity contribution in [1.82, 2.24) is 51.0 Å². The summed E-state index contributed by atoms with van der Waals surface area (Å²) in [5.74, 6) is 3.51. The average Bonchev–Trinajstić information content (AvgIpc) is 4.26. The smallest absolute Gasteiger partial charge is 0.261 e. The topological polar surface area (TPSA) is 283 Å². The molecule has 0 radical (unpaired) electrons. The van der Waals surface area contributed by atoms with Gasteiger partial charge in [0.05, 0.1) is 25.6 Å². The van der Waals surface area contributed by atoms with Crippen molar-refractivity contribution in [2.45, 2.75) is 128 Å². The zero-order valence-corrected chi connectivity index (χ0v) is 43.8. The summed E-state index contributed by atoms with van der Waals surface area (Å²) in [5, 5.41) is 28.9.